The van der Waals surface area contributed by atoms with Gasteiger partial charge in [-0.1, -0.05) is 6.07 Å². The van der Waals surface area contributed by atoms with Crippen molar-refractivity contribution >= 4 is 17.8 Å². The van der Waals surface area contributed by atoms with Gasteiger partial charge in [-0.2, -0.15) is 0 Å². The second kappa shape index (κ2) is 7.42. The summed E-state index contributed by atoms with van der Waals surface area (Å²) < 4.78 is 11.4. The highest BCUT2D eigenvalue weighted by Gasteiger charge is 2.53. The fraction of sp³-hybridized carbons (Fsp3) is 0.409. The maximum Gasteiger partial charge on any atom is 0.322 e. The lowest BCUT2D eigenvalue weighted by atomic mass is 9.94. The van der Waals surface area contributed by atoms with Gasteiger partial charge in [-0.05, 0) is 55.3 Å². The van der Waals surface area contributed by atoms with E-state index in [-0.39, 0.29) is 12.5 Å². The number of hydrogen-bond acceptors (Lipinski definition) is 6. The van der Waals surface area contributed by atoms with Crippen LogP contribution in [0.4, 0.5) is 4.79 Å². The van der Waals surface area contributed by atoms with Crippen LogP contribution >= 0.6 is 0 Å². The number of urea groups is 1. The maximum atomic E-state index is 13.1. The number of hydrogen-bond donors (Lipinski definition) is 3. The number of nitrogens with zero attached hydrogens (tertiary/aromatic N) is 1. The number of ether oxygens (including phenoxy) is 1. The van der Waals surface area contributed by atoms with Crippen LogP contribution in [0.5, 0.6) is 5.75 Å². The third kappa shape index (κ3) is 3.25. The minimum Gasteiger partial charge on any atom is -0.497 e. The summed E-state index contributed by atoms with van der Waals surface area (Å²) >= 11 is 0. The molecule has 3 aliphatic rings. The molecule has 1 saturated heterocycles. The Hall–Kier alpha value is -3.33. The molecule has 3 aliphatic heterocycles. The number of methoxy groups -OCH3 is 1. The van der Waals surface area contributed by atoms with Crippen LogP contribution < -0.4 is 20.7 Å². The summed E-state index contributed by atoms with van der Waals surface area (Å²) in [7, 11) is 1.55. The molecule has 0 unspecified atom stereocenters. The van der Waals surface area contributed by atoms with E-state index in [0.717, 1.165) is 49.2 Å². The van der Waals surface area contributed by atoms with Gasteiger partial charge in [0.2, 0.25) is 0 Å². The van der Waals surface area contributed by atoms with E-state index in [1.165, 1.54) is 0 Å². The fourth-order valence-corrected chi connectivity index (χ4v) is 4.56. The molecule has 9 nitrogen and oxygen atoms in total. The van der Waals surface area contributed by atoms with Gasteiger partial charge in [0.25, 0.3) is 11.8 Å². The first-order chi connectivity index (χ1) is 15.0. The Balaban J connectivity index is 1.49. The van der Waals surface area contributed by atoms with Gasteiger partial charge in [0.1, 0.15) is 17.3 Å². The van der Waals surface area contributed by atoms with Gasteiger partial charge in [-0.25, -0.2) is 4.79 Å². The van der Waals surface area contributed by atoms with E-state index in [9.17, 15) is 14.4 Å². The Labute approximate surface area is 179 Å². The van der Waals surface area contributed by atoms with E-state index in [1.807, 2.05) is 12.1 Å². The molecule has 0 bridgehead atoms. The fourth-order valence-electron chi connectivity index (χ4n) is 4.56. The first kappa shape index (κ1) is 19.6. The van der Waals surface area contributed by atoms with Crippen LogP contribution in [-0.2, 0) is 29.7 Å². The van der Waals surface area contributed by atoms with Crippen molar-refractivity contribution in [3.63, 3.8) is 0 Å². The molecule has 162 valence electrons. The number of imide groups is 1. The zero-order valence-corrected chi connectivity index (χ0v) is 17.2. The number of fused-ring (bicyclic) bond motifs is 2. The Morgan fingerprint density at radius 2 is 2.00 bits per heavy atom. The quantitative estimate of drug-likeness (QED) is 0.633. The summed E-state index contributed by atoms with van der Waals surface area (Å²) in [5, 5.41) is 8.43. The largest absolute Gasteiger partial charge is 0.497 e. The zero-order chi connectivity index (χ0) is 21.6. The highest BCUT2D eigenvalue weighted by molar-refractivity contribution is 6.08. The Morgan fingerprint density at radius 3 is 2.77 bits per heavy atom. The van der Waals surface area contributed by atoms with E-state index >= 15 is 0 Å². The number of carbonyl (C=O) groups excluding carboxylic acids is 3. The van der Waals surface area contributed by atoms with E-state index in [0.29, 0.717) is 23.6 Å². The normalized spacial score (nSPS) is 23.0. The lowest BCUT2D eigenvalue weighted by Crippen LogP contribution is -2.52. The van der Waals surface area contributed by atoms with Crippen molar-refractivity contribution in [2.45, 2.75) is 31.3 Å². The third-order valence-electron chi connectivity index (χ3n) is 6.21. The summed E-state index contributed by atoms with van der Waals surface area (Å²) in [6.07, 6.45) is 2.45. The molecule has 31 heavy (non-hydrogen) atoms. The van der Waals surface area contributed by atoms with Crippen molar-refractivity contribution < 1.29 is 23.5 Å². The van der Waals surface area contributed by atoms with Crippen molar-refractivity contribution in [2.75, 3.05) is 26.7 Å². The van der Waals surface area contributed by atoms with Crippen molar-refractivity contribution in [3.05, 3.63) is 52.5 Å². The molecule has 0 radical (unpaired) electrons. The van der Waals surface area contributed by atoms with Crippen molar-refractivity contribution in [1.29, 1.82) is 0 Å². The van der Waals surface area contributed by atoms with Crippen LogP contribution in [0.2, 0.25) is 0 Å². The monoisotopic (exact) mass is 424 g/mol. The number of amides is 4. The first-order valence-corrected chi connectivity index (χ1v) is 10.4. The highest BCUT2D eigenvalue weighted by Crippen LogP contribution is 2.34. The predicted octanol–water partition coefficient (Wildman–Crippen LogP) is 1.06. The third-order valence-corrected chi connectivity index (χ3v) is 6.21. The number of aryl methyl sites for hydroxylation is 1. The topological polar surface area (TPSA) is 113 Å². The highest BCUT2D eigenvalue weighted by atomic mass is 16.5. The molecule has 9 heteroatoms. The average Bonchev–Trinajstić information content (AvgIpc) is 3.36. The van der Waals surface area contributed by atoms with Gasteiger partial charge >= 0.3 is 6.03 Å². The van der Waals surface area contributed by atoms with Crippen molar-refractivity contribution in [1.82, 2.24) is 20.9 Å². The molecule has 4 amide bonds. The van der Waals surface area contributed by atoms with Crippen LogP contribution in [0.3, 0.4) is 0 Å². The van der Waals surface area contributed by atoms with Crippen LogP contribution in [-0.4, -0.2) is 49.5 Å². The molecule has 3 N–H and O–H groups in total. The standard InChI is InChI=1S/C22H24N4O5/c1-30-15-5-4-14-11-26(19(27)16(14)10-15)12-22(20(28)24-21(29)25-22)18-9-13-6-8-23-7-2-3-17(13)31-18/h4-5,9-10,23H,2-3,6-8,11-12H2,1H3,(H2,24,25,28,29)/t22-/m0/s1. The molecule has 4 heterocycles. The summed E-state index contributed by atoms with van der Waals surface area (Å²) in [6.45, 7) is 2.04. The maximum absolute atomic E-state index is 13.1. The van der Waals surface area contributed by atoms with Crippen molar-refractivity contribution in [3.8, 4) is 5.75 Å². The van der Waals surface area contributed by atoms with Gasteiger partial charge in [-0.3, -0.25) is 14.9 Å². The SMILES string of the molecule is COc1ccc2c(c1)C(=O)N(C[C@@]1(c3cc4c(o3)CCCNCC4)NC(=O)NC1=O)C2. The van der Waals surface area contributed by atoms with Gasteiger partial charge in [0.15, 0.2) is 5.54 Å². The molecule has 1 atom stereocenters. The number of benzene rings is 1. The second-order valence-electron chi connectivity index (χ2n) is 8.16. The lowest BCUT2D eigenvalue weighted by molar-refractivity contribution is -0.125. The summed E-state index contributed by atoms with van der Waals surface area (Å²) in [4.78, 5) is 39.8. The van der Waals surface area contributed by atoms with E-state index in [2.05, 4.69) is 16.0 Å². The number of carbonyl (C=O) groups is 3. The van der Waals surface area contributed by atoms with Gasteiger partial charge in [0, 0.05) is 18.5 Å². The summed E-state index contributed by atoms with van der Waals surface area (Å²) in [6, 6.07) is 6.60. The summed E-state index contributed by atoms with van der Waals surface area (Å²) in [5.74, 6) is 1.07. The zero-order valence-electron chi connectivity index (χ0n) is 17.2. The molecule has 0 saturated carbocycles. The number of rotatable bonds is 4. The lowest BCUT2D eigenvalue weighted by Gasteiger charge is -2.29. The minimum absolute atomic E-state index is 0.0228. The van der Waals surface area contributed by atoms with Gasteiger partial charge in [-0.15, -0.1) is 0 Å². The molecule has 0 aliphatic carbocycles. The molecule has 1 fully saturated rings. The number of nitrogens with one attached hydrogen (secondary N) is 3. The average molecular weight is 424 g/mol. The predicted molar refractivity (Wildman–Crippen MR) is 110 cm³/mol. The first-order valence-electron chi connectivity index (χ1n) is 10.4. The van der Waals surface area contributed by atoms with Crippen LogP contribution in [0.1, 0.15) is 39.4 Å². The number of furan rings is 1. The van der Waals surface area contributed by atoms with Crippen LogP contribution in [0.25, 0.3) is 0 Å². The Bertz CT molecular complexity index is 1050. The van der Waals surface area contributed by atoms with Crippen LogP contribution in [0, 0.1) is 0 Å². The van der Waals surface area contributed by atoms with Crippen molar-refractivity contribution in [2.24, 2.45) is 0 Å². The molecule has 1 aromatic heterocycles. The molecular weight excluding hydrogens is 400 g/mol. The molecular formula is C22H24N4O5. The molecule has 0 spiro atoms. The van der Waals surface area contributed by atoms with E-state index < -0.39 is 17.5 Å². The smallest absolute Gasteiger partial charge is 0.322 e. The van der Waals surface area contributed by atoms with Crippen LogP contribution in [0.15, 0.2) is 28.7 Å². The Morgan fingerprint density at radius 1 is 1.13 bits per heavy atom. The molecule has 1 aromatic carbocycles. The van der Waals surface area contributed by atoms with Gasteiger partial charge < -0.3 is 24.7 Å². The van der Waals surface area contributed by atoms with Gasteiger partial charge in [0.05, 0.1) is 13.7 Å². The molecule has 5 rings (SSSR count). The minimum atomic E-state index is -1.46. The summed E-state index contributed by atoms with van der Waals surface area (Å²) in [5.41, 5.74) is 0.949. The Kier molecular flexibility index (Phi) is 4.70. The second-order valence-corrected chi connectivity index (χ2v) is 8.16. The van der Waals surface area contributed by atoms with E-state index in [1.54, 1.807) is 24.1 Å². The van der Waals surface area contributed by atoms with E-state index in [4.69, 9.17) is 9.15 Å². The molecule has 2 aromatic rings.